The monoisotopic (exact) mass is 132 g/mol. The van der Waals surface area contributed by atoms with Crippen LogP contribution in [0.15, 0.2) is 0 Å². The molecule has 0 heterocycles. The molecule has 0 bridgehead atoms. The topological polar surface area (TPSA) is 50.4 Å². The van der Waals surface area contributed by atoms with Crippen molar-refractivity contribution in [3.05, 3.63) is 0 Å². The first-order valence-corrected chi connectivity index (χ1v) is 2.72. The molecule has 0 saturated heterocycles. The van der Waals surface area contributed by atoms with E-state index in [-0.39, 0.29) is 11.9 Å². The van der Waals surface area contributed by atoms with Crippen molar-refractivity contribution in [1.82, 2.24) is 10.8 Å². The molecule has 0 aliphatic heterocycles. The molecule has 2 N–H and O–H groups in total. The van der Waals surface area contributed by atoms with Crippen LogP contribution in [-0.4, -0.2) is 26.1 Å². The highest BCUT2D eigenvalue weighted by Gasteiger charge is 2.07. The van der Waals surface area contributed by atoms with E-state index in [4.69, 9.17) is 0 Å². The first-order chi connectivity index (χ1) is 4.22. The van der Waals surface area contributed by atoms with E-state index in [9.17, 15) is 4.79 Å². The Morgan fingerprint density at radius 1 is 1.67 bits per heavy atom. The lowest BCUT2D eigenvalue weighted by molar-refractivity contribution is -0.132. The van der Waals surface area contributed by atoms with Crippen LogP contribution in [0.1, 0.15) is 6.92 Å². The molecule has 1 amide bonds. The van der Waals surface area contributed by atoms with E-state index >= 15 is 0 Å². The zero-order chi connectivity index (χ0) is 7.28. The molecular weight excluding hydrogens is 120 g/mol. The number of rotatable bonds is 3. The van der Waals surface area contributed by atoms with Gasteiger partial charge in [-0.1, -0.05) is 0 Å². The number of nitrogens with one attached hydrogen (secondary N) is 2. The van der Waals surface area contributed by atoms with Crippen molar-refractivity contribution in [2.45, 2.75) is 13.0 Å². The lowest BCUT2D eigenvalue weighted by atomic mass is 10.3. The van der Waals surface area contributed by atoms with Crippen molar-refractivity contribution in [2.24, 2.45) is 0 Å². The number of hydroxylamine groups is 1. The van der Waals surface area contributed by atoms with E-state index in [1.165, 1.54) is 7.11 Å². The Hall–Kier alpha value is -0.610. The predicted octanol–water partition coefficient (Wildman–Crippen LogP) is -0.728. The molecule has 4 heteroatoms. The van der Waals surface area contributed by atoms with Crippen LogP contribution in [0, 0.1) is 0 Å². The summed E-state index contributed by atoms with van der Waals surface area (Å²) in [6.45, 7) is 1.74. The molecule has 9 heavy (non-hydrogen) atoms. The summed E-state index contributed by atoms with van der Waals surface area (Å²) in [7, 11) is 3.11. The molecule has 0 fully saturated rings. The van der Waals surface area contributed by atoms with E-state index in [0.717, 1.165) is 0 Å². The lowest BCUT2D eigenvalue weighted by Crippen LogP contribution is -2.39. The van der Waals surface area contributed by atoms with Gasteiger partial charge in [0.25, 0.3) is 5.91 Å². The minimum absolute atomic E-state index is 0.167. The number of hydrogen-bond donors (Lipinski definition) is 2. The van der Waals surface area contributed by atoms with Gasteiger partial charge in [0.15, 0.2) is 0 Å². The standard InChI is InChI=1S/C5H12N2O2/c1-4(6-2)5(8)7-9-3/h4,6H,1-3H3,(H,7,8). The predicted molar refractivity (Wildman–Crippen MR) is 33.7 cm³/mol. The number of carbonyl (C=O) groups excluding carboxylic acids is 1. The van der Waals surface area contributed by atoms with E-state index in [2.05, 4.69) is 15.6 Å². The molecule has 0 saturated carbocycles. The summed E-state index contributed by atoms with van der Waals surface area (Å²) in [6.07, 6.45) is 0. The van der Waals surface area contributed by atoms with Gasteiger partial charge in [0.1, 0.15) is 0 Å². The van der Waals surface area contributed by atoms with Gasteiger partial charge in [-0.05, 0) is 14.0 Å². The van der Waals surface area contributed by atoms with Gasteiger partial charge in [-0.25, -0.2) is 5.48 Å². The van der Waals surface area contributed by atoms with Crippen molar-refractivity contribution in [3.63, 3.8) is 0 Å². The molecular formula is C5H12N2O2. The van der Waals surface area contributed by atoms with Gasteiger partial charge in [0, 0.05) is 0 Å². The van der Waals surface area contributed by atoms with Crippen molar-refractivity contribution in [3.8, 4) is 0 Å². The Morgan fingerprint density at radius 3 is 2.56 bits per heavy atom. The van der Waals surface area contributed by atoms with Crippen LogP contribution in [0.3, 0.4) is 0 Å². The second kappa shape index (κ2) is 4.29. The Morgan fingerprint density at radius 2 is 2.22 bits per heavy atom. The van der Waals surface area contributed by atoms with Crippen molar-refractivity contribution in [2.75, 3.05) is 14.2 Å². The first-order valence-electron chi connectivity index (χ1n) is 2.72. The number of hydrogen-bond acceptors (Lipinski definition) is 3. The maximum Gasteiger partial charge on any atom is 0.260 e. The van der Waals surface area contributed by atoms with Gasteiger partial charge in [0.2, 0.25) is 0 Å². The SMILES string of the molecule is CNC(C)C(=O)NOC. The van der Waals surface area contributed by atoms with Crippen LogP contribution in [0.5, 0.6) is 0 Å². The Labute approximate surface area is 54.5 Å². The van der Waals surface area contributed by atoms with Crippen molar-refractivity contribution >= 4 is 5.91 Å². The van der Waals surface area contributed by atoms with Gasteiger partial charge < -0.3 is 5.32 Å². The summed E-state index contributed by atoms with van der Waals surface area (Å²) in [6, 6.07) is -0.204. The van der Waals surface area contributed by atoms with Gasteiger partial charge in [0.05, 0.1) is 13.2 Å². The van der Waals surface area contributed by atoms with Gasteiger partial charge in [-0.15, -0.1) is 0 Å². The molecule has 0 aromatic rings. The van der Waals surface area contributed by atoms with Crippen LogP contribution in [-0.2, 0) is 9.63 Å². The quantitative estimate of drug-likeness (QED) is 0.498. The third kappa shape index (κ3) is 3.05. The number of carbonyl (C=O) groups is 1. The Bertz CT molecular complexity index is 95.0. The Balaban J connectivity index is 3.46. The highest BCUT2D eigenvalue weighted by atomic mass is 16.6. The van der Waals surface area contributed by atoms with Crippen molar-refractivity contribution < 1.29 is 9.63 Å². The molecule has 1 unspecified atom stereocenters. The molecule has 0 rings (SSSR count). The number of amides is 1. The zero-order valence-corrected chi connectivity index (χ0v) is 5.89. The zero-order valence-electron chi connectivity index (χ0n) is 5.89. The summed E-state index contributed by atoms with van der Waals surface area (Å²) in [5.41, 5.74) is 2.19. The van der Waals surface area contributed by atoms with E-state index in [0.29, 0.717) is 0 Å². The maximum atomic E-state index is 10.7. The van der Waals surface area contributed by atoms with E-state index < -0.39 is 0 Å². The molecule has 0 aromatic carbocycles. The minimum atomic E-state index is -0.204. The molecule has 0 radical (unpaired) electrons. The summed E-state index contributed by atoms with van der Waals surface area (Å²) in [5.74, 6) is -0.167. The normalized spacial score (nSPS) is 12.8. The molecule has 1 atom stereocenters. The van der Waals surface area contributed by atoms with Crippen LogP contribution in [0.2, 0.25) is 0 Å². The van der Waals surface area contributed by atoms with Gasteiger partial charge >= 0.3 is 0 Å². The van der Waals surface area contributed by atoms with Crippen LogP contribution < -0.4 is 10.8 Å². The number of likely N-dealkylation sites (N-methyl/N-ethyl adjacent to an activating group) is 1. The summed E-state index contributed by atoms with van der Waals surface area (Å²) >= 11 is 0. The highest BCUT2D eigenvalue weighted by Crippen LogP contribution is 1.76. The van der Waals surface area contributed by atoms with Crippen LogP contribution in [0.25, 0.3) is 0 Å². The fourth-order valence-corrected chi connectivity index (χ4v) is 0.320. The summed E-state index contributed by atoms with van der Waals surface area (Å²) in [5, 5.41) is 2.76. The third-order valence-electron chi connectivity index (χ3n) is 1.03. The summed E-state index contributed by atoms with van der Waals surface area (Å²) in [4.78, 5) is 15.1. The fourth-order valence-electron chi connectivity index (χ4n) is 0.320. The third-order valence-corrected chi connectivity index (χ3v) is 1.03. The molecule has 0 aliphatic carbocycles. The average molecular weight is 132 g/mol. The first kappa shape index (κ1) is 8.39. The van der Waals surface area contributed by atoms with Crippen LogP contribution >= 0.6 is 0 Å². The van der Waals surface area contributed by atoms with Crippen LogP contribution in [0.4, 0.5) is 0 Å². The molecule has 54 valence electrons. The van der Waals surface area contributed by atoms with Crippen molar-refractivity contribution in [1.29, 1.82) is 0 Å². The molecule has 0 aliphatic rings. The average Bonchev–Trinajstić information content (AvgIpc) is 1.87. The van der Waals surface area contributed by atoms with E-state index in [1.54, 1.807) is 14.0 Å². The largest absolute Gasteiger partial charge is 0.309 e. The van der Waals surface area contributed by atoms with Gasteiger partial charge in [-0.2, -0.15) is 0 Å². The highest BCUT2D eigenvalue weighted by molar-refractivity contribution is 5.80. The lowest BCUT2D eigenvalue weighted by Gasteiger charge is -2.07. The molecule has 0 aromatic heterocycles. The second-order valence-electron chi connectivity index (χ2n) is 1.68. The maximum absolute atomic E-state index is 10.7. The van der Waals surface area contributed by atoms with E-state index in [1.807, 2.05) is 0 Å². The second-order valence-corrected chi connectivity index (χ2v) is 1.68. The fraction of sp³-hybridized carbons (Fsp3) is 0.800. The minimum Gasteiger partial charge on any atom is -0.309 e. The smallest absolute Gasteiger partial charge is 0.260 e. The molecule has 4 nitrogen and oxygen atoms in total. The van der Waals surface area contributed by atoms with Gasteiger partial charge in [-0.3, -0.25) is 9.63 Å². The Kier molecular flexibility index (Phi) is 4.00. The molecule has 0 spiro atoms. The summed E-state index contributed by atoms with van der Waals surface area (Å²) < 4.78 is 0.